The largest absolute Gasteiger partial charge is 0.355 e. The first-order valence-electron chi connectivity index (χ1n) is 3.43. The normalized spacial score (nSPS) is 9.85. The molecule has 1 N–H and O–H groups in total. The van der Waals surface area contributed by atoms with Gasteiger partial charge in [-0.2, -0.15) is 0 Å². The predicted molar refractivity (Wildman–Crippen MR) is 47.4 cm³/mol. The summed E-state index contributed by atoms with van der Waals surface area (Å²) in [5.41, 5.74) is -0.0410. The van der Waals surface area contributed by atoms with Crippen molar-refractivity contribution < 1.29 is 13.6 Å². The lowest BCUT2D eigenvalue weighted by Gasteiger charge is -2.01. The molecule has 1 aromatic carbocycles. The van der Waals surface area contributed by atoms with Gasteiger partial charge in [0.15, 0.2) is 0 Å². The molecular weight excluding hydrogens is 244 g/mol. The molecule has 0 saturated carbocycles. The molecule has 0 heterocycles. The maximum Gasteiger partial charge on any atom is 0.251 e. The molecule has 1 amide bonds. The maximum atomic E-state index is 12.9. The van der Waals surface area contributed by atoms with Crippen LogP contribution >= 0.6 is 15.9 Å². The molecule has 5 heteroatoms. The van der Waals surface area contributed by atoms with Gasteiger partial charge in [-0.25, -0.2) is 8.78 Å². The van der Waals surface area contributed by atoms with Gasteiger partial charge >= 0.3 is 0 Å². The third kappa shape index (κ3) is 2.03. The molecule has 0 radical (unpaired) electrons. The first kappa shape index (κ1) is 10.1. The summed E-state index contributed by atoms with van der Waals surface area (Å²) >= 11 is 2.70. The summed E-state index contributed by atoms with van der Waals surface area (Å²) in [5.74, 6) is -2.11. The standard InChI is InChI=1S/C8H6BrF2NO/c1-12-8(13)4-2-5(10)7(9)6(11)3-4/h2-3H,1H3,(H,12,13). The molecule has 0 saturated heterocycles. The Bertz CT molecular complexity index is 331. The number of carbonyl (C=O) groups excluding carboxylic acids is 1. The minimum atomic E-state index is -0.793. The molecule has 0 atom stereocenters. The molecule has 0 aromatic heterocycles. The molecule has 0 aliphatic heterocycles. The molecule has 0 spiro atoms. The van der Waals surface area contributed by atoms with E-state index in [0.717, 1.165) is 12.1 Å². The Balaban J connectivity index is 3.20. The molecular formula is C8H6BrF2NO. The van der Waals surface area contributed by atoms with E-state index in [1.807, 2.05) is 0 Å². The van der Waals surface area contributed by atoms with Crippen LogP contribution in [0, 0.1) is 11.6 Å². The minimum Gasteiger partial charge on any atom is -0.355 e. The quantitative estimate of drug-likeness (QED) is 0.759. The van der Waals surface area contributed by atoms with E-state index in [1.54, 1.807) is 0 Å². The van der Waals surface area contributed by atoms with Crippen molar-refractivity contribution in [1.82, 2.24) is 5.32 Å². The first-order chi connectivity index (χ1) is 6.06. The van der Waals surface area contributed by atoms with Crippen LogP contribution in [0.3, 0.4) is 0 Å². The zero-order valence-electron chi connectivity index (χ0n) is 6.70. The minimum absolute atomic E-state index is 0.0410. The summed E-state index contributed by atoms with van der Waals surface area (Å²) in [6.07, 6.45) is 0. The lowest BCUT2D eigenvalue weighted by atomic mass is 10.2. The second-order valence-electron chi connectivity index (χ2n) is 2.33. The Labute approximate surface area is 82.1 Å². The highest BCUT2D eigenvalue weighted by Gasteiger charge is 2.11. The number of benzene rings is 1. The molecule has 0 unspecified atom stereocenters. The highest BCUT2D eigenvalue weighted by atomic mass is 79.9. The fourth-order valence-corrected chi connectivity index (χ4v) is 1.06. The fourth-order valence-electron chi connectivity index (χ4n) is 0.831. The number of amides is 1. The zero-order chi connectivity index (χ0) is 10.0. The Morgan fingerprint density at radius 3 is 2.23 bits per heavy atom. The van der Waals surface area contributed by atoms with Crippen LogP contribution in [0.2, 0.25) is 0 Å². The Morgan fingerprint density at radius 1 is 1.38 bits per heavy atom. The molecule has 13 heavy (non-hydrogen) atoms. The molecule has 0 aliphatic rings. The topological polar surface area (TPSA) is 29.1 Å². The second kappa shape index (κ2) is 3.83. The highest BCUT2D eigenvalue weighted by molar-refractivity contribution is 9.10. The van der Waals surface area contributed by atoms with Crippen LogP contribution in [-0.2, 0) is 0 Å². The van der Waals surface area contributed by atoms with Crippen molar-refractivity contribution in [2.75, 3.05) is 7.05 Å². The van der Waals surface area contributed by atoms with Crippen LogP contribution in [0.5, 0.6) is 0 Å². The van der Waals surface area contributed by atoms with Gasteiger partial charge < -0.3 is 5.32 Å². The number of nitrogens with one attached hydrogen (secondary N) is 1. The van der Waals surface area contributed by atoms with Gasteiger partial charge in [0, 0.05) is 12.6 Å². The zero-order valence-corrected chi connectivity index (χ0v) is 8.28. The molecule has 0 aliphatic carbocycles. The summed E-state index contributed by atoms with van der Waals surface area (Å²) in [6.45, 7) is 0. The van der Waals surface area contributed by atoms with Crippen LogP contribution in [-0.4, -0.2) is 13.0 Å². The molecule has 1 aromatic rings. The van der Waals surface area contributed by atoms with E-state index in [-0.39, 0.29) is 10.0 Å². The fraction of sp³-hybridized carbons (Fsp3) is 0.125. The summed E-state index contributed by atoms with van der Waals surface area (Å²) in [6, 6.07) is 1.93. The molecule has 0 bridgehead atoms. The summed E-state index contributed by atoms with van der Waals surface area (Å²) in [5, 5.41) is 2.27. The molecule has 1 rings (SSSR count). The van der Waals surface area contributed by atoms with Crippen molar-refractivity contribution in [3.63, 3.8) is 0 Å². The van der Waals surface area contributed by atoms with Gasteiger partial charge in [-0.1, -0.05) is 0 Å². The van der Waals surface area contributed by atoms with Gasteiger partial charge in [-0.05, 0) is 28.1 Å². The van der Waals surface area contributed by atoms with Crippen molar-refractivity contribution in [2.24, 2.45) is 0 Å². The number of rotatable bonds is 1. The van der Waals surface area contributed by atoms with Crippen LogP contribution in [0.25, 0.3) is 0 Å². The highest BCUT2D eigenvalue weighted by Crippen LogP contribution is 2.20. The van der Waals surface area contributed by atoms with Gasteiger partial charge in [0.1, 0.15) is 11.6 Å². The smallest absolute Gasteiger partial charge is 0.251 e. The van der Waals surface area contributed by atoms with Crippen molar-refractivity contribution in [3.05, 3.63) is 33.8 Å². The summed E-state index contributed by atoms with van der Waals surface area (Å²) < 4.78 is 25.5. The van der Waals surface area contributed by atoms with Crippen LogP contribution in [0.15, 0.2) is 16.6 Å². The molecule has 70 valence electrons. The van der Waals surface area contributed by atoms with E-state index >= 15 is 0 Å². The van der Waals surface area contributed by atoms with E-state index in [4.69, 9.17) is 0 Å². The molecule has 0 fully saturated rings. The van der Waals surface area contributed by atoms with Crippen LogP contribution in [0.4, 0.5) is 8.78 Å². The Morgan fingerprint density at radius 2 is 1.85 bits per heavy atom. The average Bonchev–Trinajstić information content (AvgIpc) is 2.12. The van der Waals surface area contributed by atoms with Gasteiger partial charge in [-0.15, -0.1) is 0 Å². The number of hydrogen-bond donors (Lipinski definition) is 1. The van der Waals surface area contributed by atoms with Crippen molar-refractivity contribution in [1.29, 1.82) is 0 Å². The van der Waals surface area contributed by atoms with E-state index in [9.17, 15) is 13.6 Å². The maximum absolute atomic E-state index is 12.9. The Kier molecular flexibility index (Phi) is 2.98. The van der Waals surface area contributed by atoms with Gasteiger partial charge in [0.2, 0.25) is 0 Å². The average molecular weight is 250 g/mol. The SMILES string of the molecule is CNC(=O)c1cc(F)c(Br)c(F)c1. The second-order valence-corrected chi connectivity index (χ2v) is 3.13. The number of halogens is 3. The van der Waals surface area contributed by atoms with Gasteiger partial charge in [0.05, 0.1) is 4.47 Å². The molecule has 2 nitrogen and oxygen atoms in total. The van der Waals surface area contributed by atoms with Crippen LogP contribution < -0.4 is 5.32 Å². The first-order valence-corrected chi connectivity index (χ1v) is 4.22. The number of carbonyl (C=O) groups is 1. The third-order valence-electron chi connectivity index (χ3n) is 1.47. The van der Waals surface area contributed by atoms with Gasteiger partial charge in [-0.3, -0.25) is 4.79 Å². The lowest BCUT2D eigenvalue weighted by molar-refractivity contribution is 0.0962. The third-order valence-corrected chi connectivity index (χ3v) is 2.23. The van der Waals surface area contributed by atoms with E-state index in [2.05, 4.69) is 21.2 Å². The van der Waals surface area contributed by atoms with Gasteiger partial charge in [0.25, 0.3) is 5.91 Å². The number of hydrogen-bond acceptors (Lipinski definition) is 1. The van der Waals surface area contributed by atoms with Crippen LogP contribution in [0.1, 0.15) is 10.4 Å². The Hall–Kier alpha value is -0.970. The monoisotopic (exact) mass is 249 g/mol. The van der Waals surface area contributed by atoms with Crippen molar-refractivity contribution >= 4 is 21.8 Å². The van der Waals surface area contributed by atoms with E-state index < -0.39 is 17.5 Å². The summed E-state index contributed by atoms with van der Waals surface area (Å²) in [4.78, 5) is 11.0. The van der Waals surface area contributed by atoms with Crippen molar-refractivity contribution in [2.45, 2.75) is 0 Å². The van der Waals surface area contributed by atoms with E-state index in [1.165, 1.54) is 7.05 Å². The summed E-state index contributed by atoms with van der Waals surface area (Å²) in [7, 11) is 1.39. The lowest BCUT2D eigenvalue weighted by Crippen LogP contribution is -2.18. The predicted octanol–water partition coefficient (Wildman–Crippen LogP) is 2.09. The van der Waals surface area contributed by atoms with Crippen molar-refractivity contribution in [3.8, 4) is 0 Å². The van der Waals surface area contributed by atoms with E-state index in [0.29, 0.717) is 0 Å².